The van der Waals surface area contributed by atoms with Crippen LogP contribution in [0, 0.1) is 5.41 Å². The molecule has 1 amide bonds. The fourth-order valence-electron chi connectivity index (χ4n) is 4.71. The zero-order chi connectivity index (χ0) is 29.1. The standard InChI is InChI=1S/C32H34N4O4S/c1-6-39-22-13-10-20(11-14-22)25-16-17-26(40-25)29-28(24-9-7-8-18-33-24)35-31(41)36(29)21-12-15-23(27(19-21)38-5)34-30(37)32(2,3)4/h7-19,28-29H,6H2,1-5H3,(H,34,37)(H,35,41)/t28-,29-/m1/s1. The Morgan fingerprint density at radius 3 is 2.54 bits per heavy atom. The molecule has 1 aliphatic heterocycles. The van der Waals surface area contributed by atoms with Crippen LogP contribution >= 0.6 is 12.2 Å². The molecule has 41 heavy (non-hydrogen) atoms. The van der Waals surface area contributed by atoms with Crippen LogP contribution in [0.15, 0.2) is 83.4 Å². The zero-order valence-electron chi connectivity index (χ0n) is 23.8. The first kappa shape index (κ1) is 28.2. The number of methoxy groups -OCH3 is 1. The van der Waals surface area contributed by atoms with Crippen LogP contribution in [0.25, 0.3) is 11.3 Å². The zero-order valence-corrected chi connectivity index (χ0v) is 24.6. The number of nitrogens with zero attached hydrogens (tertiary/aromatic N) is 2. The summed E-state index contributed by atoms with van der Waals surface area (Å²) in [5.41, 5.74) is 2.60. The minimum Gasteiger partial charge on any atom is -0.494 e. The number of anilines is 2. The van der Waals surface area contributed by atoms with Gasteiger partial charge in [0.15, 0.2) is 5.11 Å². The Kier molecular flexibility index (Phi) is 7.99. The fraction of sp³-hybridized carbons (Fsp3) is 0.281. The molecule has 2 aromatic carbocycles. The summed E-state index contributed by atoms with van der Waals surface area (Å²) in [4.78, 5) is 19.3. The Balaban J connectivity index is 1.53. The van der Waals surface area contributed by atoms with Crippen molar-refractivity contribution in [2.24, 2.45) is 5.41 Å². The van der Waals surface area contributed by atoms with Crippen LogP contribution in [-0.2, 0) is 4.79 Å². The van der Waals surface area contributed by atoms with Crippen LogP contribution in [0.5, 0.6) is 11.5 Å². The monoisotopic (exact) mass is 570 g/mol. The molecule has 2 aromatic heterocycles. The normalized spacial score (nSPS) is 16.8. The lowest BCUT2D eigenvalue weighted by Gasteiger charge is -2.27. The van der Waals surface area contributed by atoms with Gasteiger partial charge in [0.25, 0.3) is 0 Å². The number of benzene rings is 2. The number of thiocarbonyl (C=S) groups is 1. The average Bonchev–Trinajstić information content (AvgIpc) is 3.58. The van der Waals surface area contributed by atoms with Crippen molar-refractivity contribution in [2.45, 2.75) is 39.8 Å². The third kappa shape index (κ3) is 5.90. The molecule has 8 nitrogen and oxygen atoms in total. The van der Waals surface area contributed by atoms with Crippen LogP contribution in [0.1, 0.15) is 51.2 Å². The lowest BCUT2D eigenvalue weighted by molar-refractivity contribution is -0.123. The maximum absolute atomic E-state index is 12.7. The van der Waals surface area contributed by atoms with E-state index in [0.29, 0.717) is 23.2 Å². The molecule has 0 spiro atoms. The van der Waals surface area contributed by atoms with E-state index in [0.717, 1.165) is 34.2 Å². The van der Waals surface area contributed by atoms with Crippen LogP contribution in [0.2, 0.25) is 0 Å². The van der Waals surface area contributed by atoms with Crippen molar-refractivity contribution in [3.8, 4) is 22.8 Å². The summed E-state index contributed by atoms with van der Waals surface area (Å²) in [5.74, 6) is 2.69. The maximum atomic E-state index is 12.7. The molecular formula is C32H34N4O4S. The number of carbonyl (C=O) groups excluding carboxylic acids is 1. The quantitative estimate of drug-likeness (QED) is 0.221. The molecular weight excluding hydrogens is 536 g/mol. The second-order valence-corrected chi connectivity index (χ2v) is 11.1. The van der Waals surface area contributed by atoms with Crippen LogP contribution < -0.4 is 25.0 Å². The minimum atomic E-state index is -0.550. The molecule has 5 rings (SSSR count). The first-order chi connectivity index (χ1) is 19.7. The number of pyridine rings is 1. The number of rotatable bonds is 8. The topological polar surface area (TPSA) is 88.9 Å². The van der Waals surface area contributed by atoms with Gasteiger partial charge in [-0.25, -0.2) is 0 Å². The number of hydrogen-bond acceptors (Lipinski definition) is 6. The number of hydrogen-bond donors (Lipinski definition) is 2. The maximum Gasteiger partial charge on any atom is 0.229 e. The van der Waals surface area contributed by atoms with Crippen molar-refractivity contribution in [3.63, 3.8) is 0 Å². The van der Waals surface area contributed by atoms with Gasteiger partial charge in [0.1, 0.15) is 29.1 Å². The van der Waals surface area contributed by atoms with E-state index in [2.05, 4.69) is 15.6 Å². The highest BCUT2D eigenvalue weighted by Gasteiger charge is 2.43. The largest absolute Gasteiger partial charge is 0.494 e. The third-order valence-electron chi connectivity index (χ3n) is 6.86. The molecule has 2 atom stereocenters. The molecule has 3 heterocycles. The van der Waals surface area contributed by atoms with E-state index in [9.17, 15) is 4.79 Å². The van der Waals surface area contributed by atoms with Gasteiger partial charge in [-0.2, -0.15) is 0 Å². The molecule has 0 unspecified atom stereocenters. The van der Waals surface area contributed by atoms with E-state index in [-0.39, 0.29) is 18.0 Å². The second kappa shape index (κ2) is 11.6. The summed E-state index contributed by atoms with van der Waals surface area (Å²) in [6, 6.07) is 22.6. The molecule has 0 bridgehead atoms. The lowest BCUT2D eigenvalue weighted by atomic mass is 9.95. The van der Waals surface area contributed by atoms with Crippen molar-refractivity contribution in [1.29, 1.82) is 0 Å². The van der Waals surface area contributed by atoms with Gasteiger partial charge in [-0.15, -0.1) is 0 Å². The van der Waals surface area contributed by atoms with Gasteiger partial charge < -0.3 is 29.4 Å². The minimum absolute atomic E-state index is 0.104. The second-order valence-electron chi connectivity index (χ2n) is 10.7. The first-order valence-electron chi connectivity index (χ1n) is 13.5. The van der Waals surface area contributed by atoms with Gasteiger partial charge in [-0.1, -0.05) is 26.8 Å². The van der Waals surface area contributed by atoms with Gasteiger partial charge in [0, 0.05) is 28.9 Å². The molecule has 0 saturated carbocycles. The molecule has 212 valence electrons. The van der Waals surface area contributed by atoms with E-state index < -0.39 is 5.41 Å². The molecule has 1 aliphatic rings. The summed E-state index contributed by atoms with van der Waals surface area (Å²) in [6.07, 6.45) is 1.77. The Morgan fingerprint density at radius 2 is 1.88 bits per heavy atom. The summed E-state index contributed by atoms with van der Waals surface area (Å²) in [5, 5.41) is 6.95. The van der Waals surface area contributed by atoms with Gasteiger partial charge in [0.2, 0.25) is 5.91 Å². The highest BCUT2D eigenvalue weighted by atomic mass is 32.1. The Bertz CT molecular complexity index is 1530. The van der Waals surface area contributed by atoms with E-state index in [4.69, 9.17) is 26.1 Å². The first-order valence-corrected chi connectivity index (χ1v) is 13.9. The van der Waals surface area contributed by atoms with E-state index >= 15 is 0 Å². The van der Waals surface area contributed by atoms with Gasteiger partial charge in [-0.05, 0) is 79.8 Å². The van der Waals surface area contributed by atoms with E-state index in [1.54, 1.807) is 13.3 Å². The number of amides is 1. The molecule has 0 radical (unpaired) electrons. The van der Waals surface area contributed by atoms with Crippen LogP contribution in [0.3, 0.4) is 0 Å². The van der Waals surface area contributed by atoms with Gasteiger partial charge in [-0.3, -0.25) is 9.78 Å². The lowest BCUT2D eigenvalue weighted by Crippen LogP contribution is -2.30. The fourth-order valence-corrected chi connectivity index (χ4v) is 5.06. The molecule has 0 aliphatic carbocycles. The highest BCUT2D eigenvalue weighted by Crippen LogP contribution is 2.44. The Hall–Kier alpha value is -4.37. The average molecular weight is 571 g/mol. The number of nitrogens with one attached hydrogen (secondary N) is 2. The molecule has 2 N–H and O–H groups in total. The van der Waals surface area contributed by atoms with E-state index in [1.165, 1.54) is 0 Å². The van der Waals surface area contributed by atoms with Gasteiger partial charge in [0.05, 0.1) is 31.1 Å². The van der Waals surface area contributed by atoms with Crippen molar-refractivity contribution >= 4 is 34.6 Å². The predicted octanol–water partition coefficient (Wildman–Crippen LogP) is 6.91. The molecule has 1 saturated heterocycles. The SMILES string of the molecule is CCOc1ccc(-c2ccc([C@@H]3[C@@H](c4ccccn4)NC(=S)N3c3ccc(NC(=O)C(C)(C)C)c(OC)c3)o2)cc1. The predicted molar refractivity (Wildman–Crippen MR) is 164 cm³/mol. The van der Waals surface area contributed by atoms with Crippen molar-refractivity contribution in [1.82, 2.24) is 10.3 Å². The van der Waals surface area contributed by atoms with Gasteiger partial charge >= 0.3 is 0 Å². The number of aromatic nitrogens is 1. The summed E-state index contributed by atoms with van der Waals surface area (Å²) in [6.45, 7) is 8.17. The smallest absolute Gasteiger partial charge is 0.229 e. The van der Waals surface area contributed by atoms with Crippen molar-refractivity contribution < 1.29 is 18.7 Å². The van der Waals surface area contributed by atoms with Crippen molar-refractivity contribution in [3.05, 3.63) is 90.4 Å². The Morgan fingerprint density at radius 1 is 1.10 bits per heavy atom. The number of ether oxygens (including phenoxy) is 2. The van der Waals surface area contributed by atoms with Crippen LogP contribution in [-0.4, -0.2) is 29.7 Å². The highest BCUT2D eigenvalue weighted by molar-refractivity contribution is 7.80. The number of carbonyl (C=O) groups is 1. The molecule has 9 heteroatoms. The van der Waals surface area contributed by atoms with E-state index in [1.807, 2.05) is 105 Å². The Labute approximate surface area is 245 Å². The summed E-state index contributed by atoms with van der Waals surface area (Å²) >= 11 is 5.87. The van der Waals surface area contributed by atoms with Crippen LogP contribution in [0.4, 0.5) is 11.4 Å². The molecule has 4 aromatic rings. The summed E-state index contributed by atoms with van der Waals surface area (Å²) < 4.78 is 17.7. The third-order valence-corrected chi connectivity index (χ3v) is 7.17. The van der Waals surface area contributed by atoms with Crippen molar-refractivity contribution in [2.75, 3.05) is 23.9 Å². The summed E-state index contributed by atoms with van der Waals surface area (Å²) in [7, 11) is 1.58. The molecule has 1 fully saturated rings. The number of furan rings is 1.